The molecule has 0 radical (unpaired) electrons. The molecule has 2 rings (SSSR count). The van der Waals surface area contributed by atoms with Crippen molar-refractivity contribution >= 4 is 0 Å². The van der Waals surface area contributed by atoms with Crippen LogP contribution in [0.25, 0.3) is 11.3 Å². The van der Waals surface area contributed by atoms with E-state index in [2.05, 4.69) is 40.1 Å². The lowest BCUT2D eigenvalue weighted by Gasteiger charge is -2.15. The molecule has 0 aromatic carbocycles. The van der Waals surface area contributed by atoms with Gasteiger partial charge in [0.05, 0.1) is 11.9 Å². The van der Waals surface area contributed by atoms with Crippen molar-refractivity contribution in [3.05, 3.63) is 36.3 Å². The van der Waals surface area contributed by atoms with Gasteiger partial charge in [0.2, 0.25) is 0 Å². The van der Waals surface area contributed by atoms with E-state index in [1.165, 1.54) is 18.4 Å². The summed E-state index contributed by atoms with van der Waals surface area (Å²) in [6.45, 7) is 4.25. The van der Waals surface area contributed by atoms with Crippen LogP contribution in [0.2, 0.25) is 0 Å². The largest absolute Gasteiger partial charge is 0.302 e. The van der Waals surface area contributed by atoms with E-state index in [1.54, 1.807) is 6.20 Å². The van der Waals surface area contributed by atoms with Gasteiger partial charge in [-0.25, -0.2) is 0 Å². The molecule has 0 bridgehead atoms. The van der Waals surface area contributed by atoms with Crippen LogP contribution < -0.4 is 0 Å². The zero-order chi connectivity index (χ0) is 12.8. The van der Waals surface area contributed by atoms with Gasteiger partial charge in [0.1, 0.15) is 0 Å². The molecular formula is C14H20N4. The lowest BCUT2D eigenvalue weighted by molar-refractivity contribution is 0.321. The van der Waals surface area contributed by atoms with E-state index < -0.39 is 0 Å². The van der Waals surface area contributed by atoms with Crippen molar-refractivity contribution in [1.82, 2.24) is 20.1 Å². The zero-order valence-corrected chi connectivity index (χ0v) is 11.1. The van der Waals surface area contributed by atoms with Crippen LogP contribution in [0.5, 0.6) is 0 Å². The van der Waals surface area contributed by atoms with Crippen LogP contribution in [-0.2, 0) is 6.54 Å². The molecule has 18 heavy (non-hydrogen) atoms. The first-order valence-corrected chi connectivity index (χ1v) is 6.42. The fraction of sp³-hybridized carbons (Fsp3) is 0.429. The SMILES string of the molecule is CCCCN(C)Cc1cn[nH]c1-c1cccnc1. The molecule has 4 heteroatoms. The Morgan fingerprint density at radius 1 is 1.33 bits per heavy atom. The highest BCUT2D eigenvalue weighted by molar-refractivity contribution is 5.61. The second-order valence-corrected chi connectivity index (χ2v) is 4.60. The third kappa shape index (κ3) is 3.17. The van der Waals surface area contributed by atoms with E-state index >= 15 is 0 Å². The Labute approximate surface area is 108 Å². The second-order valence-electron chi connectivity index (χ2n) is 4.60. The average Bonchev–Trinajstić information content (AvgIpc) is 2.85. The van der Waals surface area contributed by atoms with Crippen molar-refractivity contribution in [2.75, 3.05) is 13.6 Å². The number of H-pyrrole nitrogens is 1. The highest BCUT2D eigenvalue weighted by atomic mass is 15.1. The Morgan fingerprint density at radius 2 is 2.22 bits per heavy atom. The van der Waals surface area contributed by atoms with Crippen molar-refractivity contribution in [1.29, 1.82) is 0 Å². The Kier molecular flexibility index (Phi) is 4.47. The van der Waals surface area contributed by atoms with E-state index in [4.69, 9.17) is 0 Å². The maximum atomic E-state index is 4.15. The summed E-state index contributed by atoms with van der Waals surface area (Å²) in [5, 5.41) is 7.22. The Bertz CT molecular complexity index is 464. The molecule has 0 aliphatic heterocycles. The van der Waals surface area contributed by atoms with Crippen molar-refractivity contribution < 1.29 is 0 Å². The fourth-order valence-electron chi connectivity index (χ4n) is 1.99. The third-order valence-electron chi connectivity index (χ3n) is 3.00. The molecule has 0 atom stereocenters. The smallest absolute Gasteiger partial charge is 0.0710 e. The molecule has 2 aromatic rings. The van der Waals surface area contributed by atoms with Gasteiger partial charge in [-0.2, -0.15) is 5.10 Å². The van der Waals surface area contributed by atoms with Crippen molar-refractivity contribution in [2.45, 2.75) is 26.3 Å². The Hall–Kier alpha value is -1.68. The van der Waals surface area contributed by atoms with Gasteiger partial charge in [-0.1, -0.05) is 13.3 Å². The van der Waals surface area contributed by atoms with Crippen molar-refractivity contribution in [3.63, 3.8) is 0 Å². The first-order chi connectivity index (χ1) is 8.81. The van der Waals surface area contributed by atoms with Crippen LogP contribution in [0, 0.1) is 0 Å². The van der Waals surface area contributed by atoms with E-state index in [1.807, 2.05) is 18.5 Å². The number of nitrogens with zero attached hydrogens (tertiary/aromatic N) is 3. The van der Waals surface area contributed by atoms with Crippen molar-refractivity contribution in [2.24, 2.45) is 0 Å². The van der Waals surface area contributed by atoms with Gasteiger partial charge in [0.25, 0.3) is 0 Å². The highest BCUT2D eigenvalue weighted by Gasteiger charge is 2.09. The average molecular weight is 244 g/mol. The topological polar surface area (TPSA) is 44.8 Å². The summed E-state index contributed by atoms with van der Waals surface area (Å²) < 4.78 is 0. The third-order valence-corrected chi connectivity index (χ3v) is 3.00. The van der Waals surface area contributed by atoms with Crippen LogP contribution in [0.1, 0.15) is 25.3 Å². The standard InChI is InChI=1S/C14H20N4/c1-3-4-8-18(2)11-13-10-16-17-14(13)12-6-5-7-15-9-12/h5-7,9-10H,3-4,8,11H2,1-2H3,(H,16,17). The van der Waals surface area contributed by atoms with Gasteiger partial charge in [-0.05, 0) is 32.1 Å². The van der Waals surface area contributed by atoms with E-state index in [0.29, 0.717) is 0 Å². The lowest BCUT2D eigenvalue weighted by atomic mass is 10.1. The minimum absolute atomic E-state index is 0.917. The number of unbranched alkanes of at least 4 members (excludes halogenated alkanes) is 1. The number of rotatable bonds is 6. The quantitative estimate of drug-likeness (QED) is 0.849. The van der Waals surface area contributed by atoms with Gasteiger partial charge < -0.3 is 4.90 Å². The molecule has 0 aliphatic rings. The summed E-state index contributed by atoms with van der Waals surface area (Å²) in [7, 11) is 2.15. The fourth-order valence-corrected chi connectivity index (χ4v) is 1.99. The molecule has 0 spiro atoms. The molecule has 0 unspecified atom stereocenters. The number of pyridine rings is 1. The number of hydrogen-bond donors (Lipinski definition) is 1. The van der Waals surface area contributed by atoms with Crippen molar-refractivity contribution in [3.8, 4) is 11.3 Å². The molecule has 1 N–H and O–H groups in total. The van der Waals surface area contributed by atoms with E-state index in [9.17, 15) is 0 Å². The van der Waals surface area contributed by atoms with Gasteiger partial charge >= 0.3 is 0 Å². The number of aromatic nitrogens is 3. The molecule has 0 aliphatic carbocycles. The minimum Gasteiger partial charge on any atom is -0.302 e. The summed E-state index contributed by atoms with van der Waals surface area (Å²) in [5.74, 6) is 0. The molecule has 2 aromatic heterocycles. The summed E-state index contributed by atoms with van der Waals surface area (Å²) >= 11 is 0. The van der Waals surface area contributed by atoms with Gasteiger partial charge in [-0.15, -0.1) is 0 Å². The van der Waals surface area contributed by atoms with E-state index in [-0.39, 0.29) is 0 Å². The molecule has 0 saturated heterocycles. The second kappa shape index (κ2) is 6.31. The normalized spacial score (nSPS) is 11.1. The number of aromatic amines is 1. The molecule has 4 nitrogen and oxygen atoms in total. The molecule has 2 heterocycles. The van der Waals surface area contributed by atoms with Crippen LogP contribution in [0.15, 0.2) is 30.7 Å². The first-order valence-electron chi connectivity index (χ1n) is 6.42. The summed E-state index contributed by atoms with van der Waals surface area (Å²) in [6, 6.07) is 4.00. The molecule has 96 valence electrons. The molecule has 0 saturated carbocycles. The Morgan fingerprint density at radius 3 is 2.94 bits per heavy atom. The number of nitrogens with one attached hydrogen (secondary N) is 1. The van der Waals surface area contributed by atoms with Gasteiger partial charge in [0.15, 0.2) is 0 Å². The first kappa shape index (κ1) is 12.8. The van der Waals surface area contributed by atoms with Gasteiger partial charge in [0, 0.05) is 30.1 Å². The van der Waals surface area contributed by atoms with Crippen LogP contribution >= 0.6 is 0 Å². The summed E-state index contributed by atoms with van der Waals surface area (Å²) in [6.07, 6.45) is 8.02. The molecule has 0 fully saturated rings. The summed E-state index contributed by atoms with van der Waals surface area (Å²) in [5.41, 5.74) is 3.39. The van der Waals surface area contributed by atoms with Crippen LogP contribution in [0.4, 0.5) is 0 Å². The van der Waals surface area contributed by atoms with Crippen LogP contribution in [0.3, 0.4) is 0 Å². The molecule has 0 amide bonds. The summed E-state index contributed by atoms with van der Waals surface area (Å²) in [4.78, 5) is 6.48. The predicted octanol–water partition coefficient (Wildman–Crippen LogP) is 2.70. The van der Waals surface area contributed by atoms with Crippen LogP contribution in [-0.4, -0.2) is 33.7 Å². The zero-order valence-electron chi connectivity index (χ0n) is 11.1. The lowest BCUT2D eigenvalue weighted by Crippen LogP contribution is -2.19. The molecular weight excluding hydrogens is 224 g/mol. The number of hydrogen-bond acceptors (Lipinski definition) is 3. The minimum atomic E-state index is 0.917. The highest BCUT2D eigenvalue weighted by Crippen LogP contribution is 2.20. The maximum Gasteiger partial charge on any atom is 0.0710 e. The van der Waals surface area contributed by atoms with E-state index in [0.717, 1.165) is 24.3 Å². The van der Waals surface area contributed by atoms with Gasteiger partial charge in [-0.3, -0.25) is 10.1 Å². The monoisotopic (exact) mass is 244 g/mol. The Balaban J connectivity index is 2.09. The predicted molar refractivity (Wildman–Crippen MR) is 73.1 cm³/mol. The maximum absolute atomic E-state index is 4.15.